The van der Waals surface area contributed by atoms with E-state index in [1.54, 1.807) is 37.3 Å². The largest absolute Gasteiger partial charge is 0.433 e. The minimum atomic E-state index is -0.882. The van der Waals surface area contributed by atoms with Crippen LogP contribution in [0.25, 0.3) is 5.57 Å². The highest BCUT2D eigenvalue weighted by Gasteiger charge is 2.16. The number of benzene rings is 2. The van der Waals surface area contributed by atoms with Crippen molar-refractivity contribution in [3.63, 3.8) is 0 Å². The van der Waals surface area contributed by atoms with Gasteiger partial charge in [0.2, 0.25) is 17.5 Å². The van der Waals surface area contributed by atoms with E-state index in [0.29, 0.717) is 11.1 Å². The quantitative estimate of drug-likeness (QED) is 0.488. The molecule has 0 bridgehead atoms. The maximum Gasteiger partial charge on any atom is 0.345 e. The number of halogens is 2. The van der Waals surface area contributed by atoms with Crippen molar-refractivity contribution >= 4 is 11.5 Å². The van der Waals surface area contributed by atoms with Gasteiger partial charge in [-0.15, -0.1) is 0 Å². The van der Waals surface area contributed by atoms with Crippen LogP contribution in [0, 0.1) is 11.6 Å². The van der Waals surface area contributed by atoms with Crippen molar-refractivity contribution < 1.29 is 23.0 Å². The molecule has 0 N–H and O–H groups in total. The summed E-state index contributed by atoms with van der Waals surface area (Å²) in [4.78, 5) is 20.0. The third-order valence-electron chi connectivity index (χ3n) is 3.53. The van der Waals surface area contributed by atoms with Crippen LogP contribution in [0.1, 0.15) is 12.5 Å². The molecule has 1 heterocycles. The van der Waals surface area contributed by atoms with E-state index in [1.807, 2.05) is 6.07 Å². The van der Waals surface area contributed by atoms with E-state index >= 15 is 0 Å². The lowest BCUT2D eigenvalue weighted by Gasteiger charge is -2.09. The topological polar surface area (TPSA) is 61.3 Å². The molecule has 27 heavy (non-hydrogen) atoms. The smallest absolute Gasteiger partial charge is 0.345 e. The predicted octanol–water partition coefficient (Wildman–Crippen LogP) is 4.56. The maximum atomic E-state index is 13.7. The molecule has 0 radical (unpaired) electrons. The summed E-state index contributed by atoms with van der Waals surface area (Å²) >= 11 is 0. The minimum Gasteiger partial charge on any atom is -0.433 e. The molecular formula is C20H14F2N2O3. The molecule has 0 aliphatic heterocycles. The average Bonchev–Trinajstić information content (AvgIpc) is 2.67. The van der Waals surface area contributed by atoms with Gasteiger partial charge in [-0.3, -0.25) is 0 Å². The maximum absolute atomic E-state index is 13.7. The molecule has 0 unspecified atom stereocenters. The summed E-state index contributed by atoms with van der Waals surface area (Å²) in [6.07, 6.45) is 2.68. The lowest BCUT2D eigenvalue weighted by molar-refractivity contribution is -0.128. The number of aromatic nitrogens is 2. The van der Waals surface area contributed by atoms with Gasteiger partial charge < -0.3 is 9.47 Å². The molecule has 0 spiro atoms. The first kappa shape index (κ1) is 18.2. The Morgan fingerprint density at radius 2 is 1.63 bits per heavy atom. The van der Waals surface area contributed by atoms with Gasteiger partial charge in [0.05, 0.1) is 11.6 Å². The van der Waals surface area contributed by atoms with Crippen molar-refractivity contribution in [3.8, 4) is 17.5 Å². The van der Waals surface area contributed by atoms with Gasteiger partial charge >= 0.3 is 5.97 Å². The second kappa shape index (κ2) is 8.18. The Balaban J connectivity index is 1.79. The molecule has 0 saturated carbocycles. The molecule has 0 aliphatic carbocycles. The number of carbonyl (C=O) groups excluding carboxylic acids is 1. The van der Waals surface area contributed by atoms with Crippen molar-refractivity contribution in [2.45, 2.75) is 6.92 Å². The summed E-state index contributed by atoms with van der Waals surface area (Å²) in [5.41, 5.74) is 1.03. The first-order chi connectivity index (χ1) is 13.1. The molecule has 0 amide bonds. The van der Waals surface area contributed by atoms with Gasteiger partial charge in [-0.2, -0.15) is 0 Å². The Morgan fingerprint density at radius 3 is 2.30 bits per heavy atom. The fraction of sp³-hybridized carbons (Fsp3) is 0.0500. The molecule has 0 aliphatic rings. The predicted molar refractivity (Wildman–Crippen MR) is 94.2 cm³/mol. The molecule has 1 aromatic heterocycles. The van der Waals surface area contributed by atoms with Crippen LogP contribution in [-0.2, 0) is 4.79 Å². The van der Waals surface area contributed by atoms with Gasteiger partial charge in [0, 0.05) is 0 Å². The van der Waals surface area contributed by atoms with Gasteiger partial charge in [-0.05, 0) is 24.6 Å². The van der Waals surface area contributed by atoms with Crippen LogP contribution in [-0.4, -0.2) is 15.9 Å². The molecule has 2 aromatic carbocycles. The van der Waals surface area contributed by atoms with Gasteiger partial charge in [-0.1, -0.05) is 42.5 Å². The van der Waals surface area contributed by atoms with E-state index in [4.69, 9.17) is 9.47 Å². The van der Waals surface area contributed by atoms with E-state index in [-0.39, 0.29) is 11.8 Å². The van der Waals surface area contributed by atoms with Crippen molar-refractivity contribution in [1.29, 1.82) is 0 Å². The molecule has 3 rings (SSSR count). The van der Waals surface area contributed by atoms with Crippen LogP contribution in [0.2, 0.25) is 0 Å². The minimum absolute atomic E-state index is 0.114. The highest BCUT2D eigenvalue weighted by atomic mass is 19.1. The first-order valence-electron chi connectivity index (χ1n) is 7.96. The van der Waals surface area contributed by atoms with E-state index in [9.17, 15) is 13.6 Å². The highest BCUT2D eigenvalue weighted by Crippen LogP contribution is 2.27. The Bertz CT molecular complexity index is 971. The number of para-hydroxylation sites is 1. The summed E-state index contributed by atoms with van der Waals surface area (Å²) in [5.74, 6) is -3.28. The zero-order valence-corrected chi connectivity index (χ0v) is 14.2. The van der Waals surface area contributed by atoms with E-state index in [1.165, 1.54) is 12.1 Å². The van der Waals surface area contributed by atoms with Crippen LogP contribution >= 0.6 is 0 Å². The fourth-order valence-electron chi connectivity index (χ4n) is 2.29. The van der Waals surface area contributed by atoms with Crippen LogP contribution in [0.5, 0.6) is 17.5 Å². The third kappa shape index (κ3) is 4.33. The molecule has 3 aromatic rings. The summed E-state index contributed by atoms with van der Waals surface area (Å²) in [6, 6.07) is 13.5. The molecule has 136 valence electrons. The fourth-order valence-corrected chi connectivity index (χ4v) is 2.29. The van der Waals surface area contributed by atoms with Gasteiger partial charge in [0.15, 0.2) is 11.6 Å². The molecule has 0 fully saturated rings. The Labute approximate surface area is 153 Å². The van der Waals surface area contributed by atoms with Gasteiger partial charge in [-0.25, -0.2) is 23.5 Å². The molecule has 7 heteroatoms. The van der Waals surface area contributed by atoms with Crippen LogP contribution in [0.15, 0.2) is 67.0 Å². The first-order valence-corrected chi connectivity index (χ1v) is 7.96. The number of carbonyl (C=O) groups is 1. The van der Waals surface area contributed by atoms with Gasteiger partial charge in [0.1, 0.15) is 6.33 Å². The standard InChI is InChI=1S/C20H14F2N2O3/c1-2-14(13-7-4-3-5-8-13)20(25)27-18-11-17(23-12-24-18)26-19-15(21)9-6-10-16(19)22/h2-12H,1H3. The van der Waals surface area contributed by atoms with E-state index in [2.05, 4.69) is 9.97 Å². The van der Waals surface area contributed by atoms with Crippen LogP contribution in [0.4, 0.5) is 8.78 Å². The number of allylic oxidation sites excluding steroid dienone is 1. The monoisotopic (exact) mass is 368 g/mol. The van der Waals surface area contributed by atoms with Crippen LogP contribution in [0.3, 0.4) is 0 Å². The zero-order chi connectivity index (χ0) is 19.2. The zero-order valence-electron chi connectivity index (χ0n) is 14.2. The summed E-state index contributed by atoms with van der Waals surface area (Å²) in [5, 5.41) is 0. The summed E-state index contributed by atoms with van der Waals surface area (Å²) in [7, 11) is 0. The van der Waals surface area contributed by atoms with Crippen molar-refractivity contribution in [2.75, 3.05) is 0 Å². The third-order valence-corrected chi connectivity index (χ3v) is 3.53. The van der Waals surface area contributed by atoms with Crippen molar-refractivity contribution in [3.05, 3.63) is 84.2 Å². The van der Waals surface area contributed by atoms with Crippen LogP contribution < -0.4 is 9.47 Å². The number of hydrogen-bond acceptors (Lipinski definition) is 5. The SMILES string of the molecule is CC=C(C(=O)Oc1cc(Oc2c(F)cccc2F)ncn1)c1ccccc1. The lowest BCUT2D eigenvalue weighted by atomic mass is 10.1. The Kier molecular flexibility index (Phi) is 5.51. The Hall–Kier alpha value is -3.61. The number of esters is 1. The molecule has 0 atom stereocenters. The van der Waals surface area contributed by atoms with Gasteiger partial charge in [0.25, 0.3) is 0 Å². The van der Waals surface area contributed by atoms with E-state index < -0.39 is 23.4 Å². The molecule has 5 nitrogen and oxygen atoms in total. The summed E-state index contributed by atoms with van der Waals surface area (Å²) < 4.78 is 37.7. The highest BCUT2D eigenvalue weighted by molar-refractivity contribution is 6.17. The summed E-state index contributed by atoms with van der Waals surface area (Å²) in [6.45, 7) is 1.71. The average molecular weight is 368 g/mol. The van der Waals surface area contributed by atoms with Crippen molar-refractivity contribution in [2.24, 2.45) is 0 Å². The molecule has 0 saturated heterocycles. The second-order valence-electron chi connectivity index (χ2n) is 5.31. The number of nitrogens with zero attached hydrogens (tertiary/aromatic N) is 2. The van der Waals surface area contributed by atoms with Crippen molar-refractivity contribution in [1.82, 2.24) is 9.97 Å². The lowest BCUT2D eigenvalue weighted by Crippen LogP contribution is -2.11. The number of ether oxygens (including phenoxy) is 2. The molecular weight excluding hydrogens is 354 g/mol. The number of rotatable bonds is 5. The second-order valence-corrected chi connectivity index (χ2v) is 5.31. The van der Waals surface area contributed by atoms with E-state index in [0.717, 1.165) is 18.5 Å². The number of hydrogen-bond donors (Lipinski definition) is 0. The normalized spacial score (nSPS) is 11.1. The Morgan fingerprint density at radius 1 is 0.963 bits per heavy atom.